The highest BCUT2D eigenvalue weighted by Gasteiger charge is 2.21. The van der Waals surface area contributed by atoms with Crippen LogP contribution in [-0.4, -0.2) is 25.3 Å². The monoisotopic (exact) mass is 215 g/mol. The zero-order valence-corrected chi connectivity index (χ0v) is 11.4. The highest BCUT2D eigenvalue weighted by molar-refractivity contribution is 4.75. The molecular weight excluding hydrogens is 186 g/mol. The molecule has 0 rings (SSSR count). The second kappa shape index (κ2) is 7.24. The summed E-state index contributed by atoms with van der Waals surface area (Å²) in [6.45, 7) is 15.2. The summed E-state index contributed by atoms with van der Waals surface area (Å²) in [5, 5.41) is 3.52. The fourth-order valence-electron chi connectivity index (χ4n) is 1.74. The van der Waals surface area contributed by atoms with Gasteiger partial charge in [-0.1, -0.05) is 20.8 Å². The van der Waals surface area contributed by atoms with Gasteiger partial charge in [-0.05, 0) is 45.6 Å². The molecule has 0 aliphatic rings. The molecule has 0 saturated heterocycles. The van der Waals surface area contributed by atoms with Crippen molar-refractivity contribution in [3.8, 4) is 0 Å². The standard InChI is InChI=1S/C13H29NO/c1-7-8-14-12(4)9-13(5,6)10-15-11(2)3/h11-12,14H,7-10H2,1-6H3. The van der Waals surface area contributed by atoms with Crippen molar-refractivity contribution in [3.63, 3.8) is 0 Å². The quantitative estimate of drug-likeness (QED) is 0.671. The molecule has 0 spiro atoms. The number of hydrogen-bond acceptors (Lipinski definition) is 2. The van der Waals surface area contributed by atoms with E-state index < -0.39 is 0 Å². The summed E-state index contributed by atoms with van der Waals surface area (Å²) < 4.78 is 5.68. The summed E-state index contributed by atoms with van der Waals surface area (Å²) in [6, 6.07) is 0.579. The molecule has 0 aromatic rings. The average molecular weight is 215 g/mol. The minimum Gasteiger partial charge on any atom is -0.378 e. The van der Waals surface area contributed by atoms with Crippen LogP contribution in [0.2, 0.25) is 0 Å². The molecule has 2 nitrogen and oxygen atoms in total. The number of ether oxygens (including phenoxy) is 1. The van der Waals surface area contributed by atoms with Gasteiger partial charge in [0.05, 0.1) is 12.7 Å². The molecule has 1 atom stereocenters. The van der Waals surface area contributed by atoms with E-state index in [0.29, 0.717) is 12.1 Å². The molecule has 1 N–H and O–H groups in total. The molecule has 0 fully saturated rings. The van der Waals surface area contributed by atoms with Gasteiger partial charge >= 0.3 is 0 Å². The van der Waals surface area contributed by atoms with Crippen molar-refractivity contribution in [2.24, 2.45) is 5.41 Å². The lowest BCUT2D eigenvalue weighted by Gasteiger charge is -2.29. The van der Waals surface area contributed by atoms with Crippen LogP contribution in [0.15, 0.2) is 0 Å². The Labute approximate surface area is 95.8 Å². The first-order valence-electron chi connectivity index (χ1n) is 6.22. The molecule has 0 aliphatic carbocycles. The predicted octanol–water partition coefficient (Wildman–Crippen LogP) is 3.22. The van der Waals surface area contributed by atoms with Crippen LogP contribution in [0.1, 0.15) is 54.4 Å². The van der Waals surface area contributed by atoms with E-state index >= 15 is 0 Å². The SMILES string of the molecule is CCCNC(C)CC(C)(C)COC(C)C. The van der Waals surface area contributed by atoms with Crippen LogP contribution >= 0.6 is 0 Å². The van der Waals surface area contributed by atoms with Gasteiger partial charge in [0.2, 0.25) is 0 Å². The van der Waals surface area contributed by atoms with E-state index in [0.717, 1.165) is 13.2 Å². The minimum atomic E-state index is 0.268. The molecule has 0 aromatic carbocycles. The van der Waals surface area contributed by atoms with Crippen LogP contribution < -0.4 is 5.32 Å². The van der Waals surface area contributed by atoms with E-state index in [1.807, 2.05) is 0 Å². The molecular formula is C13H29NO. The van der Waals surface area contributed by atoms with E-state index in [4.69, 9.17) is 4.74 Å². The van der Waals surface area contributed by atoms with E-state index in [1.165, 1.54) is 12.8 Å². The van der Waals surface area contributed by atoms with Gasteiger partial charge in [-0.15, -0.1) is 0 Å². The van der Waals surface area contributed by atoms with Crippen molar-refractivity contribution in [1.29, 1.82) is 0 Å². The summed E-state index contributed by atoms with van der Waals surface area (Å²) in [6.07, 6.45) is 2.70. The summed E-state index contributed by atoms with van der Waals surface area (Å²) in [5.74, 6) is 0. The second-order valence-electron chi connectivity index (χ2n) is 5.58. The molecule has 1 unspecified atom stereocenters. The second-order valence-corrected chi connectivity index (χ2v) is 5.58. The molecule has 0 amide bonds. The summed E-state index contributed by atoms with van der Waals surface area (Å²) >= 11 is 0. The first-order chi connectivity index (χ1) is 6.87. The van der Waals surface area contributed by atoms with Gasteiger partial charge in [0.15, 0.2) is 0 Å². The highest BCUT2D eigenvalue weighted by atomic mass is 16.5. The number of rotatable bonds is 8. The third-order valence-corrected chi connectivity index (χ3v) is 2.41. The Morgan fingerprint density at radius 3 is 2.27 bits per heavy atom. The Morgan fingerprint density at radius 1 is 1.20 bits per heavy atom. The summed E-state index contributed by atoms with van der Waals surface area (Å²) in [4.78, 5) is 0. The Balaban J connectivity index is 3.79. The van der Waals surface area contributed by atoms with Crippen LogP contribution in [0.4, 0.5) is 0 Å². The number of nitrogens with one attached hydrogen (secondary N) is 1. The molecule has 0 aliphatic heterocycles. The van der Waals surface area contributed by atoms with Crippen molar-refractivity contribution < 1.29 is 4.74 Å². The maximum absolute atomic E-state index is 5.68. The molecule has 0 radical (unpaired) electrons. The molecule has 0 aromatic heterocycles. The first-order valence-corrected chi connectivity index (χ1v) is 6.22. The van der Waals surface area contributed by atoms with Crippen molar-refractivity contribution in [1.82, 2.24) is 5.32 Å². The normalized spacial score (nSPS) is 14.6. The Morgan fingerprint density at radius 2 is 1.80 bits per heavy atom. The van der Waals surface area contributed by atoms with Crippen molar-refractivity contribution >= 4 is 0 Å². The third kappa shape index (κ3) is 8.88. The average Bonchev–Trinajstić information content (AvgIpc) is 2.11. The number of hydrogen-bond donors (Lipinski definition) is 1. The fourth-order valence-corrected chi connectivity index (χ4v) is 1.74. The zero-order valence-electron chi connectivity index (χ0n) is 11.4. The van der Waals surface area contributed by atoms with E-state index in [1.54, 1.807) is 0 Å². The van der Waals surface area contributed by atoms with Crippen molar-refractivity contribution in [2.75, 3.05) is 13.2 Å². The Kier molecular flexibility index (Phi) is 7.20. The van der Waals surface area contributed by atoms with Crippen molar-refractivity contribution in [2.45, 2.75) is 66.5 Å². The van der Waals surface area contributed by atoms with Crippen LogP contribution in [0.3, 0.4) is 0 Å². The van der Waals surface area contributed by atoms with Gasteiger partial charge in [-0.2, -0.15) is 0 Å². The van der Waals surface area contributed by atoms with Crippen LogP contribution in [-0.2, 0) is 4.74 Å². The Hall–Kier alpha value is -0.0800. The lowest BCUT2D eigenvalue weighted by Crippen LogP contribution is -2.34. The lowest BCUT2D eigenvalue weighted by molar-refractivity contribution is 0.0149. The summed E-state index contributed by atoms with van der Waals surface area (Å²) in [7, 11) is 0. The van der Waals surface area contributed by atoms with Crippen LogP contribution in [0, 0.1) is 5.41 Å². The van der Waals surface area contributed by atoms with E-state index in [9.17, 15) is 0 Å². The minimum absolute atomic E-state index is 0.268. The van der Waals surface area contributed by atoms with Gasteiger partial charge in [0.1, 0.15) is 0 Å². The van der Waals surface area contributed by atoms with Crippen LogP contribution in [0.5, 0.6) is 0 Å². The topological polar surface area (TPSA) is 21.3 Å². The first kappa shape index (κ1) is 14.9. The van der Waals surface area contributed by atoms with Gasteiger partial charge in [-0.25, -0.2) is 0 Å². The predicted molar refractivity (Wildman–Crippen MR) is 67.2 cm³/mol. The van der Waals surface area contributed by atoms with Crippen LogP contribution in [0.25, 0.3) is 0 Å². The molecule has 15 heavy (non-hydrogen) atoms. The summed E-state index contributed by atoms with van der Waals surface area (Å²) in [5.41, 5.74) is 0.268. The maximum Gasteiger partial charge on any atom is 0.0521 e. The molecule has 0 saturated carbocycles. The van der Waals surface area contributed by atoms with Gasteiger partial charge in [-0.3, -0.25) is 0 Å². The fraction of sp³-hybridized carbons (Fsp3) is 1.00. The smallest absolute Gasteiger partial charge is 0.0521 e. The van der Waals surface area contributed by atoms with Gasteiger partial charge < -0.3 is 10.1 Å². The van der Waals surface area contributed by atoms with E-state index in [-0.39, 0.29) is 5.41 Å². The Bertz CT molecular complexity index is 155. The van der Waals surface area contributed by atoms with Crippen molar-refractivity contribution in [3.05, 3.63) is 0 Å². The molecule has 0 heterocycles. The molecule has 2 heteroatoms. The molecule has 92 valence electrons. The third-order valence-electron chi connectivity index (χ3n) is 2.41. The largest absolute Gasteiger partial charge is 0.378 e. The zero-order chi connectivity index (χ0) is 11.9. The lowest BCUT2D eigenvalue weighted by atomic mass is 9.87. The maximum atomic E-state index is 5.68. The van der Waals surface area contributed by atoms with Gasteiger partial charge in [0, 0.05) is 6.04 Å². The van der Waals surface area contributed by atoms with Gasteiger partial charge in [0.25, 0.3) is 0 Å². The molecule has 0 bridgehead atoms. The van der Waals surface area contributed by atoms with E-state index in [2.05, 4.69) is 46.9 Å². The highest BCUT2D eigenvalue weighted by Crippen LogP contribution is 2.23.